The van der Waals surface area contributed by atoms with E-state index < -0.39 is 11.6 Å². The Morgan fingerprint density at radius 3 is 2.21 bits per heavy atom. The number of esters is 1. The summed E-state index contributed by atoms with van der Waals surface area (Å²) in [5.41, 5.74) is 10.1. The fourth-order valence-corrected chi connectivity index (χ4v) is 6.81. The number of hydrogen-bond acceptors (Lipinski definition) is 6. The zero-order valence-electron chi connectivity index (χ0n) is 25.9. The molecule has 2 aliphatic carbocycles. The molecule has 2 atom stereocenters. The van der Waals surface area contributed by atoms with Crippen LogP contribution in [0.2, 0.25) is 0 Å². The minimum atomic E-state index is -0.652. The first kappa shape index (κ1) is 30.4. The number of carbonyl (C=O) groups excluding carboxylic acids is 2. The standard InChI is InChI=1S/C35H48N4O3/c1-5-23-6-10-25(11-7-23)26-14-16-27(17-15-26)29-19-37-32(38-20-29)28-12-8-24(9-13-28)18-31(36)33(40)39-21-30(22-39)34(41)42-35(2,3)4/h8-9,12-13,16,19-20,23,25-26,30-31H,5-7,10-11,14-15,17-18,21-22,36H2,1-4H3/t23?,25?,26?,31-/m0/s1. The molecule has 2 N–H and O–H groups in total. The van der Waals surface area contributed by atoms with Crippen LogP contribution in [-0.4, -0.2) is 51.5 Å². The minimum Gasteiger partial charge on any atom is -0.460 e. The van der Waals surface area contributed by atoms with Gasteiger partial charge in [0.2, 0.25) is 5.91 Å². The van der Waals surface area contributed by atoms with E-state index in [1.165, 1.54) is 50.5 Å². The van der Waals surface area contributed by atoms with Crippen LogP contribution in [-0.2, 0) is 20.7 Å². The van der Waals surface area contributed by atoms with Gasteiger partial charge in [0, 0.05) is 36.6 Å². The van der Waals surface area contributed by atoms with Crippen LogP contribution >= 0.6 is 0 Å². The van der Waals surface area contributed by atoms with Crippen molar-refractivity contribution in [2.75, 3.05) is 13.1 Å². The Kier molecular flexibility index (Phi) is 9.46. The maximum Gasteiger partial charge on any atom is 0.313 e. The number of benzene rings is 1. The molecule has 0 spiro atoms. The monoisotopic (exact) mass is 572 g/mol. The summed E-state index contributed by atoms with van der Waals surface area (Å²) in [5.74, 6) is 2.75. The van der Waals surface area contributed by atoms with Crippen molar-refractivity contribution in [3.05, 3.63) is 53.9 Å². The van der Waals surface area contributed by atoms with E-state index in [1.807, 2.05) is 57.4 Å². The maximum atomic E-state index is 12.8. The first-order chi connectivity index (χ1) is 20.1. The van der Waals surface area contributed by atoms with E-state index in [9.17, 15) is 9.59 Å². The van der Waals surface area contributed by atoms with Crippen LogP contribution in [0.3, 0.4) is 0 Å². The van der Waals surface area contributed by atoms with Crippen LogP contribution in [0.1, 0.15) is 90.2 Å². The number of allylic oxidation sites excluding steroid dienone is 2. The highest BCUT2D eigenvalue weighted by molar-refractivity contribution is 5.85. The quantitative estimate of drug-likeness (QED) is 0.378. The van der Waals surface area contributed by atoms with Gasteiger partial charge in [0.25, 0.3) is 0 Å². The average Bonchev–Trinajstić information content (AvgIpc) is 2.96. The van der Waals surface area contributed by atoms with E-state index in [4.69, 9.17) is 10.5 Å². The summed E-state index contributed by atoms with van der Waals surface area (Å²) in [7, 11) is 0. The number of ether oxygens (including phenoxy) is 1. The lowest BCUT2D eigenvalue weighted by molar-refractivity contribution is -0.168. The van der Waals surface area contributed by atoms with Gasteiger partial charge in [-0.25, -0.2) is 9.97 Å². The van der Waals surface area contributed by atoms with E-state index in [1.54, 1.807) is 4.90 Å². The van der Waals surface area contributed by atoms with Gasteiger partial charge in [-0.2, -0.15) is 0 Å². The van der Waals surface area contributed by atoms with Gasteiger partial charge in [-0.3, -0.25) is 9.59 Å². The first-order valence-electron chi connectivity index (χ1n) is 16.0. The van der Waals surface area contributed by atoms with Gasteiger partial charge < -0.3 is 15.4 Å². The van der Waals surface area contributed by atoms with Gasteiger partial charge in [0.1, 0.15) is 5.60 Å². The van der Waals surface area contributed by atoms with E-state index in [-0.39, 0.29) is 17.8 Å². The van der Waals surface area contributed by atoms with Crippen LogP contribution in [0.5, 0.6) is 0 Å². The van der Waals surface area contributed by atoms with E-state index in [2.05, 4.69) is 23.0 Å². The molecule has 1 unspecified atom stereocenters. The van der Waals surface area contributed by atoms with Crippen molar-refractivity contribution >= 4 is 17.4 Å². The third-order valence-electron chi connectivity index (χ3n) is 9.53. The summed E-state index contributed by atoms with van der Waals surface area (Å²) < 4.78 is 5.42. The lowest BCUT2D eigenvalue weighted by atomic mass is 9.71. The van der Waals surface area contributed by atoms with Crippen molar-refractivity contribution in [2.45, 2.75) is 97.1 Å². The second kappa shape index (κ2) is 13.1. The summed E-state index contributed by atoms with van der Waals surface area (Å²) in [5, 5.41) is 0. The molecule has 2 heterocycles. The Hall–Kier alpha value is -3.06. The molecule has 0 radical (unpaired) electrons. The lowest BCUT2D eigenvalue weighted by Gasteiger charge is -2.40. The van der Waals surface area contributed by atoms with Crippen molar-refractivity contribution in [3.63, 3.8) is 0 Å². The van der Waals surface area contributed by atoms with Crippen molar-refractivity contribution in [1.82, 2.24) is 14.9 Å². The Balaban J connectivity index is 1.09. The molecule has 226 valence electrons. The first-order valence-corrected chi connectivity index (χ1v) is 16.0. The number of hydrogen-bond donors (Lipinski definition) is 1. The number of amides is 1. The topological polar surface area (TPSA) is 98.4 Å². The Morgan fingerprint density at radius 1 is 0.976 bits per heavy atom. The third-order valence-corrected chi connectivity index (χ3v) is 9.53. The zero-order valence-corrected chi connectivity index (χ0v) is 25.9. The van der Waals surface area contributed by atoms with Crippen LogP contribution in [0.25, 0.3) is 17.0 Å². The highest BCUT2D eigenvalue weighted by Crippen LogP contribution is 2.41. The number of nitrogens with two attached hydrogens (primary N) is 1. The van der Waals surface area contributed by atoms with Crippen LogP contribution in [0, 0.1) is 23.7 Å². The van der Waals surface area contributed by atoms with Gasteiger partial charge >= 0.3 is 5.97 Å². The van der Waals surface area contributed by atoms with Crippen LogP contribution in [0.15, 0.2) is 42.7 Å². The highest BCUT2D eigenvalue weighted by atomic mass is 16.6. The summed E-state index contributed by atoms with van der Waals surface area (Å²) in [6, 6.07) is 7.29. The molecule has 7 heteroatoms. The number of aromatic nitrogens is 2. The number of carbonyl (C=O) groups is 2. The second-order valence-electron chi connectivity index (χ2n) is 13.7. The van der Waals surface area contributed by atoms with E-state index >= 15 is 0 Å². The molecule has 0 bridgehead atoms. The van der Waals surface area contributed by atoms with Gasteiger partial charge in [-0.15, -0.1) is 0 Å². The number of rotatable bonds is 8. The minimum absolute atomic E-state index is 0.134. The summed E-state index contributed by atoms with van der Waals surface area (Å²) in [6.45, 7) is 8.60. The molecule has 1 saturated carbocycles. The Morgan fingerprint density at radius 2 is 1.64 bits per heavy atom. The second-order valence-corrected chi connectivity index (χ2v) is 13.7. The van der Waals surface area contributed by atoms with Gasteiger partial charge in [-0.05, 0) is 88.2 Å². The van der Waals surface area contributed by atoms with Crippen LogP contribution in [0.4, 0.5) is 0 Å². The summed E-state index contributed by atoms with van der Waals surface area (Å²) in [6.07, 6.45) is 17.4. The molecule has 5 rings (SSSR count). The molecule has 1 saturated heterocycles. The average molecular weight is 573 g/mol. The largest absolute Gasteiger partial charge is 0.460 e. The SMILES string of the molecule is CCC1CCC(C2CC=C(c3cnc(-c4ccc(C[C@H](N)C(=O)N5CC(C(=O)OC(C)(C)C)C5)cc4)nc3)CC2)CC1. The highest BCUT2D eigenvalue weighted by Gasteiger charge is 2.39. The normalized spacial score (nSPS) is 24.0. The Labute approximate surface area is 251 Å². The molecule has 1 aliphatic heterocycles. The molecule has 2 aromatic rings. The van der Waals surface area contributed by atoms with E-state index in [0.717, 1.165) is 40.9 Å². The fourth-order valence-electron chi connectivity index (χ4n) is 6.81. The molecule has 7 nitrogen and oxygen atoms in total. The van der Waals surface area contributed by atoms with Gasteiger partial charge in [0.05, 0.1) is 12.0 Å². The van der Waals surface area contributed by atoms with Gasteiger partial charge in [-0.1, -0.05) is 56.5 Å². The fraction of sp³-hybridized carbons (Fsp3) is 0.600. The van der Waals surface area contributed by atoms with Crippen molar-refractivity contribution in [3.8, 4) is 11.4 Å². The third kappa shape index (κ3) is 7.47. The smallest absolute Gasteiger partial charge is 0.313 e. The number of nitrogens with zero attached hydrogens (tertiary/aromatic N) is 3. The molecule has 1 aromatic carbocycles. The molecule has 1 aromatic heterocycles. The summed E-state index contributed by atoms with van der Waals surface area (Å²) in [4.78, 5) is 36.0. The molecular formula is C35H48N4O3. The zero-order chi connectivity index (χ0) is 29.9. The molecule has 2 fully saturated rings. The predicted octanol–water partition coefficient (Wildman–Crippen LogP) is 6.21. The molecule has 3 aliphatic rings. The molecular weight excluding hydrogens is 524 g/mol. The van der Waals surface area contributed by atoms with Crippen LogP contribution < -0.4 is 5.73 Å². The molecule has 1 amide bonds. The van der Waals surface area contributed by atoms with E-state index in [0.29, 0.717) is 25.3 Å². The van der Waals surface area contributed by atoms with Gasteiger partial charge in [0.15, 0.2) is 5.82 Å². The van der Waals surface area contributed by atoms with Crippen molar-refractivity contribution in [1.29, 1.82) is 0 Å². The summed E-state index contributed by atoms with van der Waals surface area (Å²) >= 11 is 0. The lowest BCUT2D eigenvalue weighted by Crippen LogP contribution is -2.58. The number of likely N-dealkylation sites (tertiary alicyclic amines) is 1. The molecule has 42 heavy (non-hydrogen) atoms. The maximum absolute atomic E-state index is 12.8. The van der Waals surface area contributed by atoms with Crippen molar-refractivity contribution < 1.29 is 14.3 Å². The Bertz CT molecular complexity index is 1250. The predicted molar refractivity (Wildman–Crippen MR) is 166 cm³/mol. The van der Waals surface area contributed by atoms with Crippen molar-refractivity contribution in [2.24, 2.45) is 29.4 Å².